The van der Waals surface area contributed by atoms with E-state index >= 15 is 0 Å². The van der Waals surface area contributed by atoms with Crippen molar-refractivity contribution < 1.29 is 14.6 Å². The normalized spacial score (nSPS) is 21.8. The van der Waals surface area contributed by atoms with Crippen LogP contribution in [0.3, 0.4) is 0 Å². The highest BCUT2D eigenvalue weighted by molar-refractivity contribution is 6.30. The van der Waals surface area contributed by atoms with E-state index < -0.39 is 5.97 Å². The molecule has 0 bridgehead atoms. The molecule has 0 radical (unpaired) electrons. The number of halogens is 1. The third kappa shape index (κ3) is 2.91. The average Bonchev–Trinajstić information content (AvgIpc) is 2.97. The van der Waals surface area contributed by atoms with Crippen molar-refractivity contribution in [2.24, 2.45) is 5.92 Å². The molecule has 20 heavy (non-hydrogen) atoms. The monoisotopic (exact) mass is 295 g/mol. The summed E-state index contributed by atoms with van der Waals surface area (Å²) in [6.45, 7) is 3.30. The minimum Gasteiger partial charge on any atom is -0.493 e. The van der Waals surface area contributed by atoms with Crippen LogP contribution in [0.2, 0.25) is 5.02 Å². The van der Waals surface area contributed by atoms with Crippen LogP contribution in [-0.2, 0) is 17.8 Å². The van der Waals surface area contributed by atoms with E-state index in [4.69, 9.17) is 21.4 Å². The maximum Gasteiger partial charge on any atom is 0.303 e. The molecule has 1 atom stereocenters. The lowest BCUT2D eigenvalue weighted by molar-refractivity contribution is -0.138. The Morgan fingerprint density at radius 1 is 1.50 bits per heavy atom. The van der Waals surface area contributed by atoms with Crippen molar-refractivity contribution in [1.82, 2.24) is 4.90 Å². The van der Waals surface area contributed by atoms with E-state index in [0.29, 0.717) is 0 Å². The third-order valence-corrected chi connectivity index (χ3v) is 4.27. The van der Waals surface area contributed by atoms with Crippen LogP contribution in [0.4, 0.5) is 0 Å². The fourth-order valence-electron chi connectivity index (χ4n) is 3.17. The van der Waals surface area contributed by atoms with Gasteiger partial charge < -0.3 is 9.84 Å². The van der Waals surface area contributed by atoms with Crippen LogP contribution in [0.5, 0.6) is 5.75 Å². The summed E-state index contributed by atoms with van der Waals surface area (Å²) in [6.07, 6.45) is 2.14. The first-order valence-corrected chi connectivity index (χ1v) is 7.38. The second-order valence-corrected chi connectivity index (χ2v) is 6.08. The van der Waals surface area contributed by atoms with Crippen molar-refractivity contribution in [2.45, 2.75) is 25.8 Å². The zero-order valence-electron chi connectivity index (χ0n) is 11.3. The second kappa shape index (κ2) is 5.62. The zero-order valence-corrected chi connectivity index (χ0v) is 12.0. The number of nitrogens with zero attached hydrogens (tertiary/aromatic N) is 1. The number of aliphatic carboxylic acids is 1. The van der Waals surface area contributed by atoms with E-state index in [1.165, 1.54) is 5.56 Å². The number of carboxylic acids is 1. The van der Waals surface area contributed by atoms with Gasteiger partial charge in [0, 0.05) is 36.5 Å². The molecule has 1 aromatic carbocycles. The summed E-state index contributed by atoms with van der Waals surface area (Å²) in [5, 5.41) is 9.61. The number of fused-ring (bicyclic) bond motifs is 1. The van der Waals surface area contributed by atoms with Gasteiger partial charge in [-0.15, -0.1) is 0 Å². The molecule has 0 aliphatic carbocycles. The Labute approximate surface area is 123 Å². The van der Waals surface area contributed by atoms with Crippen LogP contribution in [0.1, 0.15) is 24.0 Å². The van der Waals surface area contributed by atoms with Crippen molar-refractivity contribution in [3.8, 4) is 5.75 Å². The highest BCUT2D eigenvalue weighted by Crippen LogP contribution is 2.34. The van der Waals surface area contributed by atoms with Gasteiger partial charge in [-0.1, -0.05) is 11.6 Å². The molecule has 108 valence electrons. The molecule has 1 N–H and O–H groups in total. The Kier molecular flexibility index (Phi) is 3.85. The van der Waals surface area contributed by atoms with Gasteiger partial charge >= 0.3 is 5.97 Å². The summed E-state index contributed by atoms with van der Waals surface area (Å²) >= 11 is 6.16. The van der Waals surface area contributed by atoms with E-state index in [-0.39, 0.29) is 12.3 Å². The van der Waals surface area contributed by atoms with Gasteiger partial charge in [-0.2, -0.15) is 0 Å². The number of carboxylic acid groups (broad SMARTS) is 1. The molecule has 0 aromatic heterocycles. The molecule has 2 aliphatic rings. The van der Waals surface area contributed by atoms with E-state index in [1.807, 2.05) is 12.1 Å². The number of carbonyl (C=O) groups is 1. The summed E-state index contributed by atoms with van der Waals surface area (Å²) in [5.74, 6) is 0.542. The highest BCUT2D eigenvalue weighted by atomic mass is 35.5. The molecule has 5 heteroatoms. The Bertz CT molecular complexity index is 532. The number of ether oxygens (including phenoxy) is 1. The number of likely N-dealkylation sites (tertiary alicyclic amines) is 1. The number of benzene rings is 1. The lowest BCUT2D eigenvalue weighted by Gasteiger charge is -2.18. The SMILES string of the molecule is O=C(O)CC1CCN(Cc2cc(Cl)cc3c2OCC3)C1. The quantitative estimate of drug-likeness (QED) is 0.927. The van der Waals surface area contributed by atoms with Crippen molar-refractivity contribution >= 4 is 17.6 Å². The highest BCUT2D eigenvalue weighted by Gasteiger charge is 2.26. The van der Waals surface area contributed by atoms with E-state index in [1.54, 1.807) is 0 Å². The van der Waals surface area contributed by atoms with Gasteiger partial charge in [0.1, 0.15) is 5.75 Å². The van der Waals surface area contributed by atoms with E-state index in [2.05, 4.69) is 4.90 Å². The molecule has 4 nitrogen and oxygen atoms in total. The maximum atomic E-state index is 10.8. The summed E-state index contributed by atoms with van der Waals surface area (Å²) in [5.41, 5.74) is 2.31. The summed E-state index contributed by atoms with van der Waals surface area (Å²) in [4.78, 5) is 13.1. The Morgan fingerprint density at radius 2 is 2.35 bits per heavy atom. The van der Waals surface area contributed by atoms with Crippen molar-refractivity contribution in [3.05, 3.63) is 28.3 Å². The average molecular weight is 296 g/mol. The Balaban J connectivity index is 1.69. The van der Waals surface area contributed by atoms with E-state index in [0.717, 1.165) is 55.4 Å². The fraction of sp³-hybridized carbons (Fsp3) is 0.533. The first-order chi connectivity index (χ1) is 9.61. The van der Waals surface area contributed by atoms with Crippen molar-refractivity contribution in [3.63, 3.8) is 0 Å². The molecule has 2 heterocycles. The first-order valence-electron chi connectivity index (χ1n) is 7.00. The van der Waals surface area contributed by atoms with Gasteiger partial charge in [-0.05, 0) is 36.6 Å². The molecule has 3 rings (SSSR count). The largest absolute Gasteiger partial charge is 0.493 e. The van der Waals surface area contributed by atoms with Crippen LogP contribution < -0.4 is 4.74 Å². The minimum absolute atomic E-state index is 0.264. The van der Waals surface area contributed by atoms with Gasteiger partial charge in [0.15, 0.2) is 0 Å². The minimum atomic E-state index is -0.705. The van der Waals surface area contributed by atoms with Gasteiger partial charge in [0.05, 0.1) is 6.61 Å². The first kappa shape index (κ1) is 13.7. The lowest BCUT2D eigenvalue weighted by atomic mass is 10.1. The number of hydrogen-bond acceptors (Lipinski definition) is 3. The smallest absolute Gasteiger partial charge is 0.303 e. The van der Waals surface area contributed by atoms with E-state index in [9.17, 15) is 4.79 Å². The summed E-state index contributed by atoms with van der Waals surface area (Å²) in [6, 6.07) is 3.95. The summed E-state index contributed by atoms with van der Waals surface area (Å²) < 4.78 is 5.71. The van der Waals surface area contributed by atoms with Gasteiger partial charge in [0.25, 0.3) is 0 Å². The van der Waals surface area contributed by atoms with Gasteiger partial charge in [0.2, 0.25) is 0 Å². The zero-order chi connectivity index (χ0) is 14.1. The molecule has 1 aromatic rings. The Morgan fingerprint density at radius 3 is 3.15 bits per heavy atom. The number of rotatable bonds is 4. The number of hydrogen-bond donors (Lipinski definition) is 1. The van der Waals surface area contributed by atoms with Crippen molar-refractivity contribution in [1.29, 1.82) is 0 Å². The van der Waals surface area contributed by atoms with Gasteiger partial charge in [-0.3, -0.25) is 9.69 Å². The van der Waals surface area contributed by atoms with Crippen LogP contribution >= 0.6 is 11.6 Å². The molecule has 1 saturated heterocycles. The van der Waals surface area contributed by atoms with Crippen LogP contribution in [0.25, 0.3) is 0 Å². The molecule has 0 saturated carbocycles. The van der Waals surface area contributed by atoms with Crippen LogP contribution in [0, 0.1) is 5.92 Å². The summed E-state index contributed by atoms with van der Waals surface area (Å²) in [7, 11) is 0. The maximum absolute atomic E-state index is 10.8. The topological polar surface area (TPSA) is 49.8 Å². The van der Waals surface area contributed by atoms with Gasteiger partial charge in [-0.25, -0.2) is 0 Å². The lowest BCUT2D eigenvalue weighted by Crippen LogP contribution is -2.21. The molecule has 0 amide bonds. The van der Waals surface area contributed by atoms with Crippen LogP contribution in [0.15, 0.2) is 12.1 Å². The second-order valence-electron chi connectivity index (χ2n) is 5.64. The molecular weight excluding hydrogens is 278 g/mol. The predicted octanol–water partition coefficient (Wildman–Crippen LogP) is 2.57. The molecule has 1 unspecified atom stereocenters. The predicted molar refractivity (Wildman–Crippen MR) is 76.3 cm³/mol. The molecule has 0 spiro atoms. The molecular formula is C15H18ClNO3. The Hall–Kier alpha value is -1.26. The van der Waals surface area contributed by atoms with Crippen molar-refractivity contribution in [2.75, 3.05) is 19.7 Å². The standard InChI is InChI=1S/C15H18ClNO3/c16-13-6-11-2-4-20-15(11)12(7-13)9-17-3-1-10(8-17)5-14(18)19/h6-7,10H,1-5,8-9H2,(H,18,19). The van der Waals surface area contributed by atoms with Crippen LogP contribution in [-0.4, -0.2) is 35.7 Å². The molecule has 2 aliphatic heterocycles. The fourth-order valence-corrected chi connectivity index (χ4v) is 3.44. The third-order valence-electron chi connectivity index (χ3n) is 4.05. The molecule has 1 fully saturated rings.